The number of ether oxygens (including phenoxy) is 2. The SMILES string of the molecule is C=CCc1cc(/C=C2/Sc3ccccc3C2=O)cc(OC)c1OCc1ccc(Cl)cc1. The first-order valence-corrected chi connectivity index (χ1v) is 11.0. The third-order valence-corrected chi connectivity index (χ3v) is 6.26. The van der Waals surface area contributed by atoms with Crippen LogP contribution in [0.15, 0.2) is 83.1 Å². The van der Waals surface area contributed by atoms with Crippen LogP contribution < -0.4 is 9.47 Å². The fraction of sp³-hybridized carbons (Fsp3) is 0.115. The van der Waals surface area contributed by atoms with Gasteiger partial charge in [-0.1, -0.05) is 53.7 Å². The normalized spacial score (nSPS) is 13.9. The van der Waals surface area contributed by atoms with Crippen LogP contribution in [0.25, 0.3) is 6.08 Å². The van der Waals surface area contributed by atoms with Crippen LogP contribution in [0.4, 0.5) is 0 Å². The van der Waals surface area contributed by atoms with Crippen molar-refractivity contribution < 1.29 is 14.3 Å². The number of methoxy groups -OCH3 is 1. The second-order valence-electron chi connectivity index (χ2n) is 7.06. The Kier molecular flexibility index (Phi) is 6.50. The summed E-state index contributed by atoms with van der Waals surface area (Å²) in [6.07, 6.45) is 4.35. The molecule has 3 aromatic rings. The zero-order chi connectivity index (χ0) is 21.8. The number of Topliss-reactive ketones (excluding diaryl/α,β-unsaturated/α-hetero) is 1. The Morgan fingerprint density at radius 1 is 1.10 bits per heavy atom. The second kappa shape index (κ2) is 9.46. The highest BCUT2D eigenvalue weighted by atomic mass is 35.5. The molecule has 0 N–H and O–H groups in total. The largest absolute Gasteiger partial charge is 0.493 e. The molecular formula is C26H21ClO3S. The summed E-state index contributed by atoms with van der Waals surface area (Å²) < 4.78 is 11.8. The number of fused-ring (bicyclic) bond motifs is 1. The minimum atomic E-state index is 0.0490. The number of rotatable bonds is 7. The zero-order valence-electron chi connectivity index (χ0n) is 17.1. The molecule has 3 aromatic carbocycles. The number of carbonyl (C=O) groups excluding carboxylic acids is 1. The van der Waals surface area contributed by atoms with E-state index in [1.54, 1.807) is 7.11 Å². The monoisotopic (exact) mass is 448 g/mol. The smallest absolute Gasteiger partial charge is 0.200 e. The summed E-state index contributed by atoms with van der Waals surface area (Å²) in [5.41, 5.74) is 3.59. The molecule has 0 aromatic heterocycles. The first-order chi connectivity index (χ1) is 15.1. The average molecular weight is 449 g/mol. The van der Waals surface area contributed by atoms with Gasteiger partial charge in [-0.05, 0) is 60.0 Å². The summed E-state index contributed by atoms with van der Waals surface area (Å²) in [4.78, 5) is 14.4. The molecule has 0 saturated heterocycles. The Hall–Kier alpha value is -2.95. The average Bonchev–Trinajstić information content (AvgIpc) is 3.09. The lowest BCUT2D eigenvalue weighted by Gasteiger charge is -2.16. The van der Waals surface area contributed by atoms with Crippen LogP contribution in [0.3, 0.4) is 0 Å². The number of allylic oxidation sites excluding steroid dienone is 2. The summed E-state index contributed by atoms with van der Waals surface area (Å²) in [6, 6.07) is 19.1. The maximum absolute atomic E-state index is 12.7. The Morgan fingerprint density at radius 2 is 1.87 bits per heavy atom. The van der Waals surface area contributed by atoms with Crippen LogP contribution in [0.2, 0.25) is 5.02 Å². The summed E-state index contributed by atoms with van der Waals surface area (Å²) in [5.74, 6) is 1.34. The van der Waals surface area contributed by atoms with E-state index in [0.717, 1.165) is 27.1 Å². The quantitative estimate of drug-likeness (QED) is 0.288. The van der Waals surface area contributed by atoms with Crippen molar-refractivity contribution in [2.75, 3.05) is 7.11 Å². The predicted molar refractivity (Wildman–Crippen MR) is 127 cm³/mol. The fourth-order valence-electron chi connectivity index (χ4n) is 3.41. The van der Waals surface area contributed by atoms with Crippen LogP contribution >= 0.6 is 23.4 Å². The van der Waals surface area contributed by atoms with Crippen LogP contribution in [-0.4, -0.2) is 12.9 Å². The molecule has 0 saturated carbocycles. The number of hydrogen-bond donors (Lipinski definition) is 0. The molecule has 0 bridgehead atoms. The van der Waals surface area contributed by atoms with Gasteiger partial charge in [-0.3, -0.25) is 4.79 Å². The van der Waals surface area contributed by atoms with Gasteiger partial charge in [-0.15, -0.1) is 6.58 Å². The molecule has 0 unspecified atom stereocenters. The van der Waals surface area contributed by atoms with E-state index in [-0.39, 0.29) is 5.78 Å². The van der Waals surface area contributed by atoms with E-state index < -0.39 is 0 Å². The fourth-order valence-corrected chi connectivity index (χ4v) is 4.59. The highest BCUT2D eigenvalue weighted by Gasteiger charge is 2.25. The molecule has 31 heavy (non-hydrogen) atoms. The van der Waals surface area contributed by atoms with Crippen molar-refractivity contribution in [2.45, 2.75) is 17.9 Å². The lowest BCUT2D eigenvalue weighted by Crippen LogP contribution is -2.02. The molecule has 3 nitrogen and oxygen atoms in total. The minimum absolute atomic E-state index is 0.0490. The number of carbonyl (C=O) groups is 1. The van der Waals surface area contributed by atoms with Gasteiger partial charge in [0.05, 0.1) is 12.0 Å². The summed E-state index contributed by atoms with van der Waals surface area (Å²) in [5, 5.41) is 0.688. The van der Waals surface area contributed by atoms with E-state index in [0.29, 0.717) is 34.5 Å². The van der Waals surface area contributed by atoms with E-state index in [1.807, 2.05) is 72.8 Å². The van der Waals surface area contributed by atoms with Gasteiger partial charge in [0.1, 0.15) is 6.61 Å². The summed E-state index contributed by atoms with van der Waals surface area (Å²) in [6.45, 7) is 4.26. The zero-order valence-corrected chi connectivity index (χ0v) is 18.6. The molecule has 1 aliphatic heterocycles. The number of thioether (sulfide) groups is 1. The summed E-state index contributed by atoms with van der Waals surface area (Å²) >= 11 is 7.46. The van der Waals surface area contributed by atoms with Crippen molar-refractivity contribution in [3.63, 3.8) is 0 Å². The number of benzene rings is 3. The standard InChI is InChI=1S/C26H21ClO3S/c1-3-6-19-13-18(15-24-25(28)21-7-4-5-8-23(21)31-24)14-22(29-2)26(19)30-16-17-9-11-20(27)12-10-17/h3-5,7-15H,1,6,16H2,2H3/b24-15+. The lowest BCUT2D eigenvalue weighted by molar-refractivity contribution is 0.104. The van der Waals surface area contributed by atoms with Crippen molar-refractivity contribution in [3.8, 4) is 11.5 Å². The van der Waals surface area contributed by atoms with E-state index in [2.05, 4.69) is 6.58 Å². The Morgan fingerprint density at radius 3 is 2.58 bits per heavy atom. The van der Waals surface area contributed by atoms with Crippen molar-refractivity contribution in [1.29, 1.82) is 0 Å². The van der Waals surface area contributed by atoms with Crippen molar-refractivity contribution in [3.05, 3.63) is 106 Å². The molecule has 1 heterocycles. The molecule has 0 amide bonds. The number of ketones is 1. The van der Waals surface area contributed by atoms with Crippen LogP contribution in [0.1, 0.15) is 27.0 Å². The topological polar surface area (TPSA) is 35.5 Å². The van der Waals surface area contributed by atoms with Gasteiger partial charge in [0, 0.05) is 21.0 Å². The molecule has 0 atom stereocenters. The van der Waals surface area contributed by atoms with E-state index in [1.165, 1.54) is 11.8 Å². The molecule has 0 aliphatic carbocycles. The number of hydrogen-bond acceptors (Lipinski definition) is 4. The highest BCUT2D eigenvalue weighted by molar-refractivity contribution is 8.04. The van der Waals surface area contributed by atoms with Crippen LogP contribution in [0.5, 0.6) is 11.5 Å². The first-order valence-electron chi connectivity index (χ1n) is 9.81. The predicted octanol–water partition coefficient (Wildman–Crippen LogP) is 6.99. The third kappa shape index (κ3) is 4.71. The Bertz CT molecular complexity index is 1170. The first kappa shape index (κ1) is 21.3. The Balaban J connectivity index is 1.65. The van der Waals surface area contributed by atoms with Crippen LogP contribution in [0, 0.1) is 0 Å². The van der Waals surface area contributed by atoms with Gasteiger partial charge in [-0.25, -0.2) is 0 Å². The second-order valence-corrected chi connectivity index (χ2v) is 8.58. The van der Waals surface area contributed by atoms with Gasteiger partial charge < -0.3 is 9.47 Å². The molecule has 0 radical (unpaired) electrons. The summed E-state index contributed by atoms with van der Waals surface area (Å²) in [7, 11) is 1.62. The molecule has 0 spiro atoms. The number of halogens is 1. The molecular weight excluding hydrogens is 428 g/mol. The van der Waals surface area contributed by atoms with E-state index in [4.69, 9.17) is 21.1 Å². The lowest BCUT2D eigenvalue weighted by atomic mass is 10.0. The molecule has 5 heteroatoms. The van der Waals surface area contributed by atoms with Gasteiger partial charge in [-0.2, -0.15) is 0 Å². The van der Waals surface area contributed by atoms with Crippen molar-refractivity contribution >= 4 is 35.2 Å². The minimum Gasteiger partial charge on any atom is -0.493 e. The Labute approximate surface area is 191 Å². The third-order valence-electron chi connectivity index (χ3n) is 4.91. The molecule has 1 aliphatic rings. The van der Waals surface area contributed by atoms with Gasteiger partial charge in [0.15, 0.2) is 11.5 Å². The van der Waals surface area contributed by atoms with Crippen LogP contribution in [-0.2, 0) is 13.0 Å². The van der Waals surface area contributed by atoms with E-state index >= 15 is 0 Å². The molecule has 0 fully saturated rings. The van der Waals surface area contributed by atoms with Gasteiger partial charge in [0.25, 0.3) is 0 Å². The van der Waals surface area contributed by atoms with Gasteiger partial charge in [0.2, 0.25) is 5.78 Å². The molecule has 4 rings (SSSR count). The maximum atomic E-state index is 12.7. The van der Waals surface area contributed by atoms with Gasteiger partial charge >= 0.3 is 0 Å². The highest BCUT2D eigenvalue weighted by Crippen LogP contribution is 2.42. The van der Waals surface area contributed by atoms with E-state index in [9.17, 15) is 4.79 Å². The maximum Gasteiger partial charge on any atom is 0.200 e. The van der Waals surface area contributed by atoms with Crippen molar-refractivity contribution in [2.24, 2.45) is 0 Å². The molecule has 156 valence electrons. The van der Waals surface area contributed by atoms with Crippen molar-refractivity contribution in [1.82, 2.24) is 0 Å².